The van der Waals surface area contributed by atoms with E-state index in [2.05, 4.69) is 25.5 Å². The molecule has 0 bridgehead atoms. The molecule has 3 rings (SSSR count). The summed E-state index contributed by atoms with van der Waals surface area (Å²) in [6.45, 7) is 2.01. The lowest BCUT2D eigenvalue weighted by atomic mass is 10.1. The van der Waals surface area contributed by atoms with Crippen molar-refractivity contribution >= 4 is 29.1 Å². The largest absolute Gasteiger partial charge is 0.482 e. The highest BCUT2D eigenvalue weighted by atomic mass is 35.5. The van der Waals surface area contributed by atoms with E-state index in [9.17, 15) is 13.2 Å². The fraction of sp³-hybridized carbons (Fsp3) is 0.444. The van der Waals surface area contributed by atoms with Crippen molar-refractivity contribution in [1.82, 2.24) is 14.9 Å². The molecular formula is C18H21ClF3N5O2. The summed E-state index contributed by atoms with van der Waals surface area (Å²) in [6, 6.07) is 5.07. The maximum atomic E-state index is 12.7. The van der Waals surface area contributed by atoms with Crippen LogP contribution < -0.4 is 15.4 Å². The number of aromatic nitrogens is 2. The summed E-state index contributed by atoms with van der Waals surface area (Å²) in [5, 5.41) is 6.04. The number of hydrogen-bond acceptors (Lipinski definition) is 7. The molecule has 0 unspecified atom stereocenters. The van der Waals surface area contributed by atoms with Gasteiger partial charge in [-0.1, -0.05) is 17.7 Å². The average Bonchev–Trinajstić information content (AvgIpc) is 2.69. The van der Waals surface area contributed by atoms with Crippen molar-refractivity contribution < 1.29 is 22.6 Å². The van der Waals surface area contributed by atoms with Crippen LogP contribution in [0.25, 0.3) is 0 Å². The molecule has 0 saturated carbocycles. The molecule has 0 aliphatic carbocycles. The number of ether oxygens (including phenoxy) is 2. The minimum Gasteiger partial charge on any atom is -0.482 e. The summed E-state index contributed by atoms with van der Waals surface area (Å²) in [5.41, 5.74) is 1.16. The molecule has 0 amide bonds. The summed E-state index contributed by atoms with van der Waals surface area (Å²) in [6.07, 6.45) is -3.06. The van der Waals surface area contributed by atoms with Crippen LogP contribution in [0.4, 0.5) is 30.6 Å². The minimum absolute atomic E-state index is 0.0673. The maximum Gasteiger partial charge on any atom is 0.422 e. The summed E-state index contributed by atoms with van der Waals surface area (Å²) in [4.78, 5) is 10.4. The zero-order valence-corrected chi connectivity index (χ0v) is 16.5. The zero-order valence-electron chi connectivity index (χ0n) is 15.7. The van der Waals surface area contributed by atoms with Gasteiger partial charge in [0.2, 0.25) is 5.95 Å². The maximum absolute atomic E-state index is 12.7. The van der Waals surface area contributed by atoms with Gasteiger partial charge in [0.05, 0.1) is 25.1 Å². The number of anilines is 3. The molecule has 0 radical (unpaired) electrons. The number of halogens is 4. The summed E-state index contributed by atoms with van der Waals surface area (Å²) in [7, 11) is 1.65. The zero-order chi connectivity index (χ0) is 20.9. The van der Waals surface area contributed by atoms with Crippen molar-refractivity contribution in [3.63, 3.8) is 0 Å². The summed E-state index contributed by atoms with van der Waals surface area (Å²) in [5.74, 6) is 0.639. The first-order valence-corrected chi connectivity index (χ1v) is 9.32. The minimum atomic E-state index is -4.45. The van der Waals surface area contributed by atoms with E-state index in [1.165, 1.54) is 6.20 Å². The van der Waals surface area contributed by atoms with E-state index in [1.807, 2.05) is 6.07 Å². The van der Waals surface area contributed by atoms with Gasteiger partial charge in [-0.2, -0.15) is 18.2 Å². The molecule has 2 N–H and O–H groups in total. The van der Waals surface area contributed by atoms with Crippen LogP contribution in [0.15, 0.2) is 24.4 Å². The van der Waals surface area contributed by atoms with E-state index in [4.69, 9.17) is 21.1 Å². The molecular weight excluding hydrogens is 411 g/mol. The molecule has 1 aliphatic heterocycles. The number of rotatable bonds is 7. The Balaban J connectivity index is 1.81. The highest BCUT2D eigenvalue weighted by Crippen LogP contribution is 2.31. The normalized spacial score (nSPS) is 15.2. The van der Waals surface area contributed by atoms with Crippen molar-refractivity contribution in [2.75, 3.05) is 50.6 Å². The van der Waals surface area contributed by atoms with Crippen molar-refractivity contribution in [1.29, 1.82) is 0 Å². The van der Waals surface area contributed by atoms with Gasteiger partial charge in [-0.05, 0) is 17.7 Å². The first-order chi connectivity index (χ1) is 13.8. The second-order valence-corrected chi connectivity index (χ2v) is 6.80. The molecule has 29 heavy (non-hydrogen) atoms. The highest BCUT2D eigenvalue weighted by molar-refractivity contribution is 6.32. The molecule has 1 fully saturated rings. The number of hydrogen-bond donors (Lipinski definition) is 2. The van der Waals surface area contributed by atoms with Crippen molar-refractivity contribution in [2.45, 2.75) is 12.7 Å². The van der Waals surface area contributed by atoms with E-state index in [1.54, 1.807) is 19.2 Å². The lowest BCUT2D eigenvalue weighted by Crippen LogP contribution is -2.35. The molecule has 1 aromatic carbocycles. The van der Waals surface area contributed by atoms with Gasteiger partial charge in [0.25, 0.3) is 0 Å². The van der Waals surface area contributed by atoms with Gasteiger partial charge in [0.15, 0.2) is 6.61 Å². The molecule has 7 nitrogen and oxygen atoms in total. The first-order valence-electron chi connectivity index (χ1n) is 8.94. The Kier molecular flexibility index (Phi) is 6.99. The van der Waals surface area contributed by atoms with E-state index < -0.39 is 12.8 Å². The summed E-state index contributed by atoms with van der Waals surface area (Å²) >= 11 is 5.97. The third-order valence-electron chi connectivity index (χ3n) is 4.17. The van der Waals surface area contributed by atoms with Crippen molar-refractivity contribution in [3.05, 3.63) is 35.0 Å². The van der Waals surface area contributed by atoms with E-state index >= 15 is 0 Å². The molecule has 0 atom stereocenters. The average molecular weight is 432 g/mol. The SMILES string of the molecule is CNc1nc(Nc2ccc(CN3CCOCC3)cc2OCC(F)(F)F)ncc1Cl. The van der Waals surface area contributed by atoms with Gasteiger partial charge in [-0.25, -0.2) is 4.98 Å². The highest BCUT2D eigenvalue weighted by Gasteiger charge is 2.29. The number of morpholine rings is 1. The monoisotopic (exact) mass is 431 g/mol. The van der Waals surface area contributed by atoms with E-state index in [-0.39, 0.29) is 11.7 Å². The van der Waals surface area contributed by atoms with Crippen molar-refractivity contribution in [3.8, 4) is 5.75 Å². The molecule has 0 spiro atoms. The van der Waals surface area contributed by atoms with Gasteiger partial charge in [0.1, 0.15) is 16.6 Å². The number of nitrogens with zero attached hydrogens (tertiary/aromatic N) is 3. The lowest BCUT2D eigenvalue weighted by molar-refractivity contribution is -0.153. The Hall–Kier alpha value is -2.30. The second-order valence-electron chi connectivity index (χ2n) is 6.39. The Morgan fingerprint density at radius 3 is 2.72 bits per heavy atom. The summed E-state index contributed by atoms with van der Waals surface area (Å²) < 4.78 is 48.5. The fourth-order valence-electron chi connectivity index (χ4n) is 2.79. The molecule has 158 valence electrons. The molecule has 11 heteroatoms. The van der Waals surface area contributed by atoms with Crippen LogP contribution in [-0.4, -0.2) is 61.0 Å². The van der Waals surface area contributed by atoms with Gasteiger partial charge in [-0.3, -0.25) is 4.90 Å². The predicted octanol–water partition coefficient (Wildman–Crippen LogP) is 3.69. The quantitative estimate of drug-likeness (QED) is 0.692. The third-order valence-corrected chi connectivity index (χ3v) is 4.45. The number of alkyl halides is 3. The van der Waals surface area contributed by atoms with Crippen LogP contribution in [-0.2, 0) is 11.3 Å². The Morgan fingerprint density at radius 2 is 2.03 bits per heavy atom. The van der Waals surface area contributed by atoms with Crippen LogP contribution in [0.1, 0.15) is 5.56 Å². The second kappa shape index (κ2) is 9.47. The van der Waals surface area contributed by atoms with Crippen LogP contribution in [0.3, 0.4) is 0 Å². The van der Waals surface area contributed by atoms with E-state index in [0.717, 1.165) is 18.7 Å². The Morgan fingerprint density at radius 1 is 1.28 bits per heavy atom. The lowest BCUT2D eigenvalue weighted by Gasteiger charge is -2.27. The smallest absolute Gasteiger partial charge is 0.422 e. The van der Waals surface area contributed by atoms with Gasteiger partial charge in [-0.15, -0.1) is 0 Å². The van der Waals surface area contributed by atoms with Crippen LogP contribution >= 0.6 is 11.6 Å². The predicted molar refractivity (Wildman–Crippen MR) is 104 cm³/mol. The first kappa shape index (κ1) is 21.4. The molecule has 1 aromatic heterocycles. The van der Waals surface area contributed by atoms with Crippen molar-refractivity contribution in [2.24, 2.45) is 0 Å². The van der Waals surface area contributed by atoms with Crippen LogP contribution in [0.2, 0.25) is 5.02 Å². The number of nitrogens with one attached hydrogen (secondary N) is 2. The Labute approximate surface area is 171 Å². The topological polar surface area (TPSA) is 71.5 Å². The fourth-order valence-corrected chi connectivity index (χ4v) is 2.97. The molecule has 1 aliphatic rings. The van der Waals surface area contributed by atoms with Gasteiger partial charge < -0.3 is 20.1 Å². The standard InChI is InChI=1S/C18H21ClF3N5O2/c1-23-16-13(19)9-24-17(26-16)25-14-3-2-12(10-27-4-6-28-7-5-27)8-15(14)29-11-18(20,21)22/h2-3,8-9H,4-7,10-11H2,1H3,(H2,23,24,25,26). The third kappa shape index (κ3) is 6.34. The number of benzene rings is 1. The van der Waals surface area contributed by atoms with Crippen LogP contribution in [0.5, 0.6) is 5.75 Å². The van der Waals surface area contributed by atoms with E-state index in [0.29, 0.717) is 36.3 Å². The molecule has 1 saturated heterocycles. The molecule has 2 aromatic rings. The van der Waals surface area contributed by atoms with Crippen LogP contribution in [0, 0.1) is 0 Å². The van der Waals surface area contributed by atoms with Gasteiger partial charge in [0, 0.05) is 26.7 Å². The molecule has 2 heterocycles. The Bertz CT molecular complexity index is 832. The van der Waals surface area contributed by atoms with Gasteiger partial charge >= 0.3 is 6.18 Å².